The van der Waals surface area contributed by atoms with Gasteiger partial charge in [0, 0.05) is 6.42 Å². The first kappa shape index (κ1) is 33.2. The Morgan fingerprint density at radius 1 is 0.472 bits per heavy atom. The Morgan fingerprint density at radius 2 is 0.833 bits per heavy atom. The van der Waals surface area contributed by atoms with E-state index in [-0.39, 0.29) is 0 Å². The highest BCUT2D eigenvalue weighted by molar-refractivity contribution is 4.83. The molecule has 0 spiro atoms. The van der Waals surface area contributed by atoms with E-state index >= 15 is 0 Å². The zero-order chi connectivity index (χ0) is 25.9. The number of rotatable bonds is 28. The van der Waals surface area contributed by atoms with E-state index in [0.717, 1.165) is 6.54 Å². The zero-order valence-corrected chi connectivity index (χ0v) is 25.3. The van der Waals surface area contributed by atoms with Crippen LogP contribution in [0.25, 0.3) is 0 Å². The van der Waals surface area contributed by atoms with Crippen molar-refractivity contribution in [1.29, 1.82) is 0 Å². The molecule has 36 heavy (non-hydrogen) atoms. The molecule has 0 unspecified atom stereocenters. The normalized spacial score (nSPS) is 11.5. The smallest absolute Gasteiger partial charge is 0.235 e. The highest BCUT2D eigenvalue weighted by Gasteiger charge is 2.15. The summed E-state index contributed by atoms with van der Waals surface area (Å²) < 4.78 is 5.06. The topological polar surface area (TPSA) is 8.81 Å². The van der Waals surface area contributed by atoms with Crippen molar-refractivity contribution in [1.82, 2.24) is 4.57 Å². The van der Waals surface area contributed by atoms with Crippen molar-refractivity contribution in [3.63, 3.8) is 0 Å². The van der Waals surface area contributed by atoms with Gasteiger partial charge in [-0.3, -0.25) is 0 Å². The molecule has 0 aliphatic carbocycles. The van der Waals surface area contributed by atoms with Gasteiger partial charge in [0.15, 0.2) is 0 Å². The van der Waals surface area contributed by atoms with Crippen molar-refractivity contribution in [3.05, 3.63) is 18.2 Å². The summed E-state index contributed by atoms with van der Waals surface area (Å²) in [5.74, 6) is 1.57. The first-order chi connectivity index (χ1) is 17.8. The van der Waals surface area contributed by atoms with E-state index in [4.69, 9.17) is 0 Å². The van der Waals surface area contributed by atoms with Crippen LogP contribution in [0, 0.1) is 0 Å². The average molecular weight is 504 g/mol. The maximum absolute atomic E-state index is 2.57. The molecule has 1 aromatic heterocycles. The number of aryl methyl sites for hydroxylation is 2. The SMILES string of the molecule is CCCCCCCCCCCCCCCc1n(CC)cc[n+]1CCCCCCCCCCCCCC. The molecule has 0 aromatic carbocycles. The van der Waals surface area contributed by atoms with E-state index in [2.05, 4.69) is 42.3 Å². The molecule has 1 rings (SSSR count). The molecule has 0 fully saturated rings. The third-order valence-electron chi connectivity index (χ3n) is 8.19. The van der Waals surface area contributed by atoms with E-state index in [1.54, 1.807) is 5.82 Å². The van der Waals surface area contributed by atoms with Crippen LogP contribution in [0.15, 0.2) is 12.4 Å². The molecule has 0 radical (unpaired) electrons. The molecule has 0 aliphatic heterocycles. The standard InChI is InChI=1S/C34H67N2/c1-4-7-9-11-13-15-17-19-20-22-24-26-28-30-34-35(6-3)32-33-36(34)31-29-27-25-23-21-18-16-14-12-10-8-5-2/h32-33H,4-31H2,1-3H3/q+1. The molecule has 2 heteroatoms. The van der Waals surface area contributed by atoms with Crippen LogP contribution in [0.5, 0.6) is 0 Å². The minimum Gasteiger partial charge on any atom is -0.235 e. The molecule has 0 saturated heterocycles. The minimum atomic E-state index is 1.11. The predicted octanol–water partition coefficient (Wildman–Crippen LogP) is 11.1. The Hall–Kier alpha value is -0.790. The summed E-state index contributed by atoms with van der Waals surface area (Å²) in [6, 6.07) is 0. The average Bonchev–Trinajstić information content (AvgIpc) is 3.29. The molecule has 0 N–H and O–H groups in total. The van der Waals surface area contributed by atoms with Crippen LogP contribution in [0.3, 0.4) is 0 Å². The quantitative estimate of drug-likeness (QED) is 0.0794. The molecule has 0 amide bonds. The Morgan fingerprint density at radius 3 is 1.22 bits per heavy atom. The van der Waals surface area contributed by atoms with Crippen molar-refractivity contribution in [2.75, 3.05) is 0 Å². The number of nitrogens with zero attached hydrogens (tertiary/aromatic N) is 2. The van der Waals surface area contributed by atoms with Crippen LogP contribution >= 0.6 is 0 Å². The highest BCUT2D eigenvalue weighted by Crippen LogP contribution is 2.14. The second kappa shape index (κ2) is 25.8. The number of aromatic nitrogens is 2. The van der Waals surface area contributed by atoms with Gasteiger partial charge in [-0.05, 0) is 26.2 Å². The van der Waals surface area contributed by atoms with Gasteiger partial charge in [-0.15, -0.1) is 0 Å². The van der Waals surface area contributed by atoms with E-state index in [1.807, 2.05) is 0 Å². The maximum Gasteiger partial charge on any atom is 0.256 e. The molecule has 1 heterocycles. The summed E-state index contributed by atoms with van der Waals surface area (Å²) >= 11 is 0. The summed E-state index contributed by atoms with van der Waals surface area (Å²) in [5, 5.41) is 0. The summed E-state index contributed by atoms with van der Waals surface area (Å²) in [6.45, 7) is 9.23. The zero-order valence-electron chi connectivity index (χ0n) is 25.3. The lowest BCUT2D eigenvalue weighted by Crippen LogP contribution is -2.37. The van der Waals surface area contributed by atoms with Gasteiger partial charge in [-0.2, -0.15) is 0 Å². The Labute approximate surface area is 228 Å². The summed E-state index contributed by atoms with van der Waals surface area (Å²) in [7, 11) is 0. The first-order valence-electron chi connectivity index (χ1n) is 16.9. The first-order valence-corrected chi connectivity index (χ1v) is 16.9. The fraction of sp³-hybridized carbons (Fsp3) is 0.912. The van der Waals surface area contributed by atoms with Gasteiger partial charge in [-0.1, -0.05) is 155 Å². The van der Waals surface area contributed by atoms with Crippen LogP contribution in [-0.2, 0) is 19.5 Å². The fourth-order valence-electron chi connectivity index (χ4n) is 5.70. The van der Waals surface area contributed by atoms with Crippen molar-refractivity contribution in [2.24, 2.45) is 0 Å². The molecular weight excluding hydrogens is 436 g/mol. The predicted molar refractivity (Wildman–Crippen MR) is 161 cm³/mol. The summed E-state index contributed by atoms with van der Waals surface area (Å²) in [4.78, 5) is 0. The number of hydrogen-bond donors (Lipinski definition) is 0. The van der Waals surface area contributed by atoms with Crippen LogP contribution in [0.1, 0.15) is 187 Å². The lowest BCUT2D eigenvalue weighted by molar-refractivity contribution is -0.704. The highest BCUT2D eigenvalue weighted by atomic mass is 15.1. The third kappa shape index (κ3) is 18.5. The molecule has 0 aliphatic rings. The monoisotopic (exact) mass is 504 g/mol. The molecular formula is C34H67N2+. The number of imidazole rings is 1. The molecule has 0 bridgehead atoms. The molecule has 0 saturated carbocycles. The van der Waals surface area contributed by atoms with E-state index in [0.29, 0.717) is 0 Å². The van der Waals surface area contributed by atoms with Crippen molar-refractivity contribution in [3.8, 4) is 0 Å². The lowest BCUT2D eigenvalue weighted by atomic mass is 10.0. The Bertz CT molecular complexity index is 562. The number of hydrogen-bond acceptors (Lipinski definition) is 0. The molecule has 1 aromatic rings. The molecule has 212 valence electrons. The molecule has 0 atom stereocenters. The van der Waals surface area contributed by atoms with Crippen molar-refractivity contribution in [2.45, 2.75) is 201 Å². The maximum atomic E-state index is 2.57. The minimum absolute atomic E-state index is 1.11. The summed E-state index contributed by atoms with van der Waals surface area (Å²) in [5.41, 5.74) is 0. The Balaban J connectivity index is 2.02. The second-order valence-corrected chi connectivity index (χ2v) is 11.6. The number of unbranched alkanes of at least 4 members (excludes halogenated alkanes) is 23. The van der Waals surface area contributed by atoms with E-state index in [9.17, 15) is 0 Å². The van der Waals surface area contributed by atoms with E-state index in [1.165, 1.54) is 173 Å². The second-order valence-electron chi connectivity index (χ2n) is 11.6. The van der Waals surface area contributed by atoms with Gasteiger partial charge in [0.1, 0.15) is 12.4 Å². The van der Waals surface area contributed by atoms with Gasteiger partial charge in [0.05, 0.1) is 13.1 Å². The largest absolute Gasteiger partial charge is 0.256 e. The summed E-state index contributed by atoms with van der Waals surface area (Å²) in [6.07, 6.45) is 41.8. The fourth-order valence-corrected chi connectivity index (χ4v) is 5.70. The van der Waals surface area contributed by atoms with Crippen LogP contribution in [-0.4, -0.2) is 4.57 Å². The third-order valence-corrected chi connectivity index (χ3v) is 8.19. The van der Waals surface area contributed by atoms with E-state index < -0.39 is 0 Å². The van der Waals surface area contributed by atoms with Crippen LogP contribution < -0.4 is 4.57 Å². The molecule has 2 nitrogen and oxygen atoms in total. The Kier molecular flexibility index (Phi) is 23.9. The lowest BCUT2D eigenvalue weighted by Gasteiger charge is -2.06. The van der Waals surface area contributed by atoms with Crippen LogP contribution in [0.2, 0.25) is 0 Å². The van der Waals surface area contributed by atoms with Crippen LogP contribution in [0.4, 0.5) is 0 Å². The van der Waals surface area contributed by atoms with Gasteiger partial charge in [0.2, 0.25) is 0 Å². The van der Waals surface area contributed by atoms with Gasteiger partial charge >= 0.3 is 0 Å². The van der Waals surface area contributed by atoms with Gasteiger partial charge in [0.25, 0.3) is 5.82 Å². The van der Waals surface area contributed by atoms with Crippen molar-refractivity contribution >= 4 is 0 Å². The van der Waals surface area contributed by atoms with Gasteiger partial charge in [-0.25, -0.2) is 9.13 Å². The van der Waals surface area contributed by atoms with Gasteiger partial charge < -0.3 is 0 Å². The van der Waals surface area contributed by atoms with Crippen molar-refractivity contribution < 1.29 is 4.57 Å².